The minimum absolute atomic E-state index is 0.0435. The van der Waals surface area contributed by atoms with E-state index in [-0.39, 0.29) is 11.9 Å². The smallest absolute Gasteiger partial charge is 0.270 e. The summed E-state index contributed by atoms with van der Waals surface area (Å²) in [6.45, 7) is 2.46. The van der Waals surface area contributed by atoms with Gasteiger partial charge in [0.15, 0.2) is 0 Å². The number of amides is 1. The lowest BCUT2D eigenvalue weighted by Crippen LogP contribution is -2.41. The highest BCUT2D eigenvalue weighted by Gasteiger charge is 2.28. The van der Waals surface area contributed by atoms with Crippen LogP contribution in [0.1, 0.15) is 44.1 Å². The van der Waals surface area contributed by atoms with E-state index in [1.54, 1.807) is 7.11 Å². The zero-order chi connectivity index (χ0) is 23.8. The minimum Gasteiger partial charge on any atom is -0.497 e. The van der Waals surface area contributed by atoms with Crippen LogP contribution in [0.2, 0.25) is 0 Å². The molecule has 1 atom stereocenters. The van der Waals surface area contributed by atoms with Crippen molar-refractivity contribution in [2.24, 2.45) is 10.7 Å². The Morgan fingerprint density at radius 2 is 1.91 bits per heavy atom. The van der Waals surface area contributed by atoms with Crippen LogP contribution >= 0.6 is 0 Å². The highest BCUT2D eigenvalue weighted by atomic mass is 16.5. The quantitative estimate of drug-likeness (QED) is 0.601. The number of nitrogens with one attached hydrogen (secondary N) is 1. The van der Waals surface area contributed by atoms with Gasteiger partial charge in [0.25, 0.3) is 5.91 Å². The predicted octanol–water partition coefficient (Wildman–Crippen LogP) is 4.38. The molecule has 1 saturated carbocycles. The van der Waals surface area contributed by atoms with Crippen LogP contribution in [-0.2, 0) is 11.2 Å². The minimum atomic E-state index is -0.0435. The van der Waals surface area contributed by atoms with Crippen molar-refractivity contribution in [1.29, 1.82) is 0 Å². The molecular formula is C28H36N4O2. The number of likely N-dealkylation sites (tertiary alicyclic amines) is 1. The van der Waals surface area contributed by atoms with Gasteiger partial charge in [-0.25, -0.2) is 0 Å². The molecule has 6 nitrogen and oxygen atoms in total. The number of nitrogens with two attached hydrogens (primary N) is 1. The predicted molar refractivity (Wildman–Crippen MR) is 138 cm³/mol. The molecule has 0 spiro atoms. The van der Waals surface area contributed by atoms with Crippen LogP contribution in [0.3, 0.4) is 0 Å². The van der Waals surface area contributed by atoms with Gasteiger partial charge in [-0.05, 0) is 69.2 Å². The fraction of sp³-hybridized carbons (Fsp3) is 0.429. The summed E-state index contributed by atoms with van der Waals surface area (Å²) in [4.78, 5) is 20.1. The second kappa shape index (κ2) is 11.8. The molecule has 1 amide bonds. The first-order valence-corrected chi connectivity index (χ1v) is 12.4. The fourth-order valence-corrected chi connectivity index (χ4v) is 4.79. The molecule has 1 aliphatic heterocycles. The summed E-state index contributed by atoms with van der Waals surface area (Å²) in [5, 5.41) is 3.69. The van der Waals surface area contributed by atoms with Crippen molar-refractivity contribution in [1.82, 2.24) is 10.2 Å². The second-order valence-electron chi connectivity index (χ2n) is 9.13. The van der Waals surface area contributed by atoms with Crippen molar-refractivity contribution in [3.05, 3.63) is 71.4 Å². The molecule has 1 aliphatic carbocycles. The maximum atomic E-state index is 13.2. The Hall–Kier alpha value is -3.12. The molecule has 0 aromatic heterocycles. The van der Waals surface area contributed by atoms with Crippen LogP contribution in [0, 0.1) is 0 Å². The first kappa shape index (κ1) is 24.0. The van der Waals surface area contributed by atoms with Crippen molar-refractivity contribution < 1.29 is 9.53 Å². The van der Waals surface area contributed by atoms with E-state index >= 15 is 0 Å². The number of hydrogen-bond acceptors (Lipinski definition) is 5. The number of piperidine rings is 1. The van der Waals surface area contributed by atoms with Gasteiger partial charge in [-0.3, -0.25) is 9.79 Å². The summed E-state index contributed by atoms with van der Waals surface area (Å²) < 4.78 is 5.36. The van der Waals surface area contributed by atoms with Gasteiger partial charge in [0.2, 0.25) is 0 Å². The number of rotatable bonds is 7. The van der Waals surface area contributed by atoms with Crippen molar-refractivity contribution in [3.8, 4) is 5.75 Å². The van der Waals surface area contributed by atoms with Gasteiger partial charge >= 0.3 is 0 Å². The molecule has 0 bridgehead atoms. The van der Waals surface area contributed by atoms with E-state index in [4.69, 9.17) is 15.5 Å². The van der Waals surface area contributed by atoms with Crippen LogP contribution < -0.4 is 15.8 Å². The Morgan fingerprint density at radius 1 is 1.12 bits per heavy atom. The van der Waals surface area contributed by atoms with E-state index in [0.717, 1.165) is 74.5 Å². The lowest BCUT2D eigenvalue weighted by Gasteiger charge is -2.31. The Labute approximate surface area is 202 Å². The molecule has 1 heterocycles. The van der Waals surface area contributed by atoms with Crippen LogP contribution in [0.5, 0.6) is 5.75 Å². The van der Waals surface area contributed by atoms with Gasteiger partial charge in [0, 0.05) is 36.5 Å². The van der Waals surface area contributed by atoms with Crippen molar-refractivity contribution in [3.63, 3.8) is 0 Å². The Bertz CT molecular complexity index is 1030. The second-order valence-corrected chi connectivity index (χ2v) is 9.13. The Morgan fingerprint density at radius 3 is 2.68 bits per heavy atom. The number of carbonyl (C=O) groups is 1. The third-order valence-electron chi connectivity index (χ3n) is 6.73. The number of benzene rings is 2. The molecule has 1 unspecified atom stereocenters. The lowest BCUT2D eigenvalue weighted by atomic mass is 9.86. The summed E-state index contributed by atoms with van der Waals surface area (Å²) in [6, 6.07) is 18.5. The monoisotopic (exact) mass is 460 g/mol. The molecule has 2 aromatic rings. The lowest BCUT2D eigenvalue weighted by molar-refractivity contribution is -0.128. The van der Waals surface area contributed by atoms with Crippen LogP contribution in [0.25, 0.3) is 0 Å². The maximum absolute atomic E-state index is 13.2. The first-order valence-electron chi connectivity index (χ1n) is 12.4. The largest absolute Gasteiger partial charge is 0.497 e. The van der Waals surface area contributed by atoms with Gasteiger partial charge in [-0.1, -0.05) is 36.4 Å². The molecule has 4 rings (SSSR count). The Balaban J connectivity index is 1.53. The van der Waals surface area contributed by atoms with Gasteiger partial charge in [-0.15, -0.1) is 0 Å². The molecular weight excluding hydrogens is 424 g/mol. The molecule has 2 aromatic carbocycles. The number of carbonyl (C=O) groups excluding carboxylic acids is 1. The molecule has 0 radical (unpaired) electrons. The van der Waals surface area contributed by atoms with Gasteiger partial charge in [0.05, 0.1) is 12.8 Å². The third-order valence-corrected chi connectivity index (χ3v) is 6.73. The molecule has 2 fully saturated rings. The molecule has 1 saturated heterocycles. The van der Waals surface area contributed by atoms with E-state index in [9.17, 15) is 4.79 Å². The number of ether oxygens (including phenoxy) is 1. The SMILES string of the molecule is COc1cccc(N=C2CCC(NCCc3ccccc3)CC2=C(N)C(=O)N2CCCCC2)c1. The highest BCUT2D eigenvalue weighted by Crippen LogP contribution is 2.28. The summed E-state index contributed by atoms with van der Waals surface area (Å²) in [5.74, 6) is 0.721. The maximum Gasteiger partial charge on any atom is 0.270 e. The third kappa shape index (κ3) is 6.26. The van der Waals surface area contributed by atoms with Gasteiger partial charge in [-0.2, -0.15) is 0 Å². The van der Waals surface area contributed by atoms with E-state index < -0.39 is 0 Å². The topological polar surface area (TPSA) is 80.0 Å². The number of nitrogens with zero attached hydrogens (tertiary/aromatic N) is 2. The zero-order valence-corrected chi connectivity index (χ0v) is 20.1. The number of aliphatic imine (C=N–C) groups is 1. The number of methoxy groups -OCH3 is 1. The zero-order valence-electron chi connectivity index (χ0n) is 20.1. The summed E-state index contributed by atoms with van der Waals surface area (Å²) in [6.07, 6.45) is 6.70. The van der Waals surface area contributed by atoms with Crippen molar-refractivity contribution in [2.75, 3.05) is 26.7 Å². The average Bonchev–Trinajstić information content (AvgIpc) is 2.90. The molecule has 6 heteroatoms. The van der Waals surface area contributed by atoms with Crippen LogP contribution in [0.15, 0.2) is 70.9 Å². The standard InChI is InChI=1S/C28H36N4O2/c1-34-24-12-8-11-23(19-24)31-26-14-13-22(30-16-15-21-9-4-2-5-10-21)20-25(26)27(29)28(33)32-17-6-3-7-18-32/h2,4-5,8-12,19,22,30H,3,6-7,13-18,20,29H2,1H3. The Kier molecular flexibility index (Phi) is 8.36. The van der Waals surface area contributed by atoms with Gasteiger partial charge < -0.3 is 20.7 Å². The van der Waals surface area contributed by atoms with Gasteiger partial charge in [0.1, 0.15) is 11.4 Å². The molecule has 34 heavy (non-hydrogen) atoms. The van der Waals surface area contributed by atoms with E-state index in [0.29, 0.717) is 12.1 Å². The molecule has 180 valence electrons. The van der Waals surface area contributed by atoms with Crippen LogP contribution in [0.4, 0.5) is 5.69 Å². The molecule has 2 aliphatic rings. The van der Waals surface area contributed by atoms with E-state index in [1.165, 1.54) is 12.0 Å². The molecule has 3 N–H and O–H groups in total. The van der Waals surface area contributed by atoms with Crippen molar-refractivity contribution >= 4 is 17.3 Å². The number of hydrogen-bond donors (Lipinski definition) is 2. The van der Waals surface area contributed by atoms with Crippen molar-refractivity contribution in [2.45, 2.75) is 51.0 Å². The van der Waals surface area contributed by atoms with E-state index in [1.807, 2.05) is 35.2 Å². The fourth-order valence-electron chi connectivity index (χ4n) is 4.79. The first-order chi connectivity index (χ1) is 16.6. The average molecular weight is 461 g/mol. The summed E-state index contributed by atoms with van der Waals surface area (Å²) in [5.41, 5.74) is 10.9. The van der Waals surface area contributed by atoms with Crippen LogP contribution in [-0.4, -0.2) is 49.3 Å². The normalized spacial score (nSPS) is 21.4. The van der Waals surface area contributed by atoms with E-state index in [2.05, 4.69) is 29.6 Å². The highest BCUT2D eigenvalue weighted by molar-refractivity contribution is 6.09. The summed E-state index contributed by atoms with van der Waals surface area (Å²) in [7, 11) is 1.65. The summed E-state index contributed by atoms with van der Waals surface area (Å²) >= 11 is 0.